The predicted octanol–water partition coefficient (Wildman–Crippen LogP) is 2.41. The lowest BCUT2D eigenvalue weighted by molar-refractivity contribution is 0.0939. The van der Waals surface area contributed by atoms with E-state index in [4.69, 9.17) is 4.74 Å². The Bertz CT molecular complexity index is 965. The minimum atomic E-state index is -0.364. The van der Waals surface area contributed by atoms with Crippen molar-refractivity contribution in [1.29, 1.82) is 0 Å². The smallest absolute Gasteiger partial charge is 0.287 e. The van der Waals surface area contributed by atoms with Crippen molar-refractivity contribution in [2.45, 2.75) is 19.9 Å². The monoisotopic (exact) mass is 366 g/mol. The molecule has 0 saturated carbocycles. The second kappa shape index (κ2) is 8.35. The van der Waals surface area contributed by atoms with Crippen LogP contribution in [-0.4, -0.2) is 34.9 Å². The summed E-state index contributed by atoms with van der Waals surface area (Å²) in [5.41, 5.74) is 1.69. The van der Waals surface area contributed by atoms with Gasteiger partial charge in [-0.05, 0) is 24.6 Å². The molecular formula is C20H22N4O3. The summed E-state index contributed by atoms with van der Waals surface area (Å²) in [4.78, 5) is 29.4. The number of hydrogen-bond acceptors (Lipinski definition) is 4. The first-order valence-electron chi connectivity index (χ1n) is 8.81. The molecular weight excluding hydrogens is 344 g/mol. The van der Waals surface area contributed by atoms with E-state index in [1.807, 2.05) is 37.3 Å². The van der Waals surface area contributed by atoms with Crippen molar-refractivity contribution in [1.82, 2.24) is 20.0 Å². The summed E-state index contributed by atoms with van der Waals surface area (Å²) in [5.74, 6) is 0.216. The minimum Gasteiger partial charge on any atom is -0.496 e. The maximum Gasteiger partial charge on any atom is 0.287 e. The zero-order valence-electron chi connectivity index (χ0n) is 15.4. The topological polar surface area (TPSA) is 84.7 Å². The van der Waals surface area contributed by atoms with E-state index in [0.717, 1.165) is 12.0 Å². The fraction of sp³-hybridized carbons (Fsp3) is 0.250. The van der Waals surface area contributed by atoms with Crippen molar-refractivity contribution in [3.63, 3.8) is 0 Å². The number of aromatic nitrogens is 2. The van der Waals surface area contributed by atoms with Crippen molar-refractivity contribution in [3.8, 4) is 5.75 Å². The van der Waals surface area contributed by atoms with Gasteiger partial charge in [-0.2, -0.15) is 0 Å². The van der Waals surface area contributed by atoms with Gasteiger partial charge in [-0.15, -0.1) is 0 Å². The molecule has 1 aromatic carbocycles. The van der Waals surface area contributed by atoms with Gasteiger partial charge in [0.1, 0.15) is 5.75 Å². The molecule has 0 radical (unpaired) electrons. The first-order valence-corrected chi connectivity index (χ1v) is 8.81. The number of pyridine rings is 1. The number of benzene rings is 1. The van der Waals surface area contributed by atoms with Crippen molar-refractivity contribution < 1.29 is 14.3 Å². The molecule has 0 unspecified atom stereocenters. The van der Waals surface area contributed by atoms with Crippen LogP contribution in [0.5, 0.6) is 5.75 Å². The van der Waals surface area contributed by atoms with E-state index in [9.17, 15) is 9.59 Å². The number of imidazole rings is 1. The Morgan fingerprint density at radius 3 is 2.63 bits per heavy atom. The molecule has 2 aromatic heterocycles. The van der Waals surface area contributed by atoms with Gasteiger partial charge < -0.3 is 15.4 Å². The average Bonchev–Trinajstić information content (AvgIpc) is 3.10. The SMILES string of the molecule is CCCNC(=O)c1nc(C(=O)NCc2ccccc2OC)n2ccccc12. The lowest BCUT2D eigenvalue weighted by Crippen LogP contribution is -2.26. The molecule has 2 N–H and O–H groups in total. The zero-order valence-corrected chi connectivity index (χ0v) is 15.4. The van der Waals surface area contributed by atoms with Gasteiger partial charge in [-0.3, -0.25) is 14.0 Å². The van der Waals surface area contributed by atoms with Gasteiger partial charge >= 0.3 is 0 Å². The molecule has 0 aliphatic heterocycles. The third kappa shape index (κ3) is 3.92. The summed E-state index contributed by atoms with van der Waals surface area (Å²) in [7, 11) is 1.59. The Balaban J connectivity index is 1.85. The molecule has 0 atom stereocenters. The Labute approximate surface area is 157 Å². The van der Waals surface area contributed by atoms with Crippen LogP contribution in [-0.2, 0) is 6.54 Å². The molecule has 3 rings (SSSR count). The van der Waals surface area contributed by atoms with Crippen LogP contribution in [0.25, 0.3) is 5.52 Å². The largest absolute Gasteiger partial charge is 0.496 e. The number of para-hydroxylation sites is 1. The van der Waals surface area contributed by atoms with Gasteiger partial charge in [0.25, 0.3) is 11.8 Å². The van der Waals surface area contributed by atoms with Gasteiger partial charge in [0, 0.05) is 24.8 Å². The van der Waals surface area contributed by atoms with E-state index in [1.54, 1.807) is 29.8 Å². The molecule has 27 heavy (non-hydrogen) atoms. The summed E-state index contributed by atoms with van der Waals surface area (Å²) in [6.07, 6.45) is 2.54. The van der Waals surface area contributed by atoms with E-state index in [-0.39, 0.29) is 23.3 Å². The highest BCUT2D eigenvalue weighted by molar-refractivity contribution is 6.02. The van der Waals surface area contributed by atoms with Crippen LogP contribution in [0.15, 0.2) is 48.7 Å². The quantitative estimate of drug-likeness (QED) is 0.672. The molecule has 0 aliphatic carbocycles. The third-order valence-corrected chi connectivity index (χ3v) is 4.13. The van der Waals surface area contributed by atoms with Crippen molar-refractivity contribution in [2.24, 2.45) is 0 Å². The van der Waals surface area contributed by atoms with E-state index in [2.05, 4.69) is 15.6 Å². The summed E-state index contributed by atoms with van der Waals surface area (Å²) in [6, 6.07) is 12.8. The number of ether oxygens (including phenoxy) is 1. The molecule has 0 aliphatic rings. The number of carbonyl (C=O) groups is 2. The van der Waals surface area contributed by atoms with E-state index < -0.39 is 0 Å². The standard InChI is InChI=1S/C20H22N4O3/c1-3-11-21-19(25)17-15-9-6-7-12-24(15)18(23-17)20(26)22-13-14-8-4-5-10-16(14)27-2/h4-10,12H,3,11,13H2,1-2H3,(H,21,25)(H,22,26). The van der Waals surface area contributed by atoms with Gasteiger partial charge in [0.2, 0.25) is 5.82 Å². The molecule has 3 aromatic rings. The van der Waals surface area contributed by atoms with Crippen LogP contribution in [0, 0.1) is 0 Å². The van der Waals surface area contributed by atoms with Crippen LogP contribution < -0.4 is 15.4 Å². The molecule has 0 bridgehead atoms. The van der Waals surface area contributed by atoms with Crippen LogP contribution in [0.2, 0.25) is 0 Å². The zero-order chi connectivity index (χ0) is 19.2. The fourth-order valence-electron chi connectivity index (χ4n) is 2.79. The molecule has 0 fully saturated rings. The van der Waals surface area contributed by atoms with Gasteiger partial charge in [0.05, 0.1) is 12.6 Å². The number of hydrogen-bond donors (Lipinski definition) is 2. The maximum absolute atomic E-state index is 12.7. The second-order valence-corrected chi connectivity index (χ2v) is 5.99. The number of methoxy groups -OCH3 is 1. The Kier molecular flexibility index (Phi) is 5.71. The Hall–Kier alpha value is -3.35. The molecule has 0 spiro atoms. The normalized spacial score (nSPS) is 10.6. The van der Waals surface area contributed by atoms with Crippen molar-refractivity contribution in [2.75, 3.05) is 13.7 Å². The number of fused-ring (bicyclic) bond motifs is 1. The Morgan fingerprint density at radius 1 is 1.07 bits per heavy atom. The van der Waals surface area contributed by atoms with E-state index >= 15 is 0 Å². The number of nitrogens with zero attached hydrogens (tertiary/aromatic N) is 2. The van der Waals surface area contributed by atoms with E-state index in [1.165, 1.54) is 0 Å². The first kappa shape index (κ1) is 18.4. The summed E-state index contributed by atoms with van der Waals surface area (Å²) < 4.78 is 6.93. The van der Waals surface area contributed by atoms with Gasteiger partial charge in [-0.25, -0.2) is 4.98 Å². The number of amides is 2. The highest BCUT2D eigenvalue weighted by Crippen LogP contribution is 2.17. The molecule has 7 nitrogen and oxygen atoms in total. The van der Waals surface area contributed by atoms with Crippen LogP contribution in [0.3, 0.4) is 0 Å². The molecule has 2 amide bonds. The van der Waals surface area contributed by atoms with Crippen LogP contribution in [0.1, 0.15) is 40.0 Å². The maximum atomic E-state index is 12.7. The number of carbonyl (C=O) groups excluding carboxylic acids is 2. The lowest BCUT2D eigenvalue weighted by Gasteiger charge is -2.09. The lowest BCUT2D eigenvalue weighted by atomic mass is 10.2. The third-order valence-electron chi connectivity index (χ3n) is 4.13. The van der Waals surface area contributed by atoms with Crippen LogP contribution >= 0.6 is 0 Å². The Morgan fingerprint density at radius 2 is 1.85 bits per heavy atom. The highest BCUT2D eigenvalue weighted by atomic mass is 16.5. The minimum absolute atomic E-state index is 0.169. The first-order chi connectivity index (χ1) is 13.2. The average molecular weight is 366 g/mol. The molecule has 7 heteroatoms. The predicted molar refractivity (Wildman–Crippen MR) is 102 cm³/mol. The van der Waals surface area contributed by atoms with Crippen molar-refractivity contribution >= 4 is 17.3 Å². The van der Waals surface area contributed by atoms with Crippen molar-refractivity contribution in [3.05, 3.63) is 65.7 Å². The number of rotatable bonds is 7. The molecule has 0 saturated heterocycles. The number of nitrogens with one attached hydrogen (secondary N) is 2. The summed E-state index contributed by atoms with van der Waals surface area (Å²) in [5, 5.41) is 5.65. The van der Waals surface area contributed by atoms with Gasteiger partial charge in [-0.1, -0.05) is 31.2 Å². The van der Waals surface area contributed by atoms with E-state index in [0.29, 0.717) is 24.4 Å². The highest BCUT2D eigenvalue weighted by Gasteiger charge is 2.21. The molecule has 2 heterocycles. The molecule has 140 valence electrons. The fourth-order valence-corrected chi connectivity index (χ4v) is 2.79. The van der Waals surface area contributed by atoms with Gasteiger partial charge in [0.15, 0.2) is 5.69 Å². The second-order valence-electron chi connectivity index (χ2n) is 5.99. The summed E-state index contributed by atoms with van der Waals surface area (Å²) >= 11 is 0. The van der Waals surface area contributed by atoms with Crippen LogP contribution in [0.4, 0.5) is 0 Å². The summed E-state index contributed by atoms with van der Waals surface area (Å²) in [6.45, 7) is 2.82.